The molecular weight excluding hydrogens is 414 g/mol. The average Bonchev–Trinajstić information content (AvgIpc) is 3.51. The summed E-state index contributed by atoms with van der Waals surface area (Å²) in [6.45, 7) is 1.92. The molecule has 0 saturated carbocycles. The van der Waals surface area contributed by atoms with Gasteiger partial charge in [-0.05, 0) is 31.4 Å². The van der Waals surface area contributed by atoms with Crippen molar-refractivity contribution in [3.63, 3.8) is 0 Å². The highest BCUT2D eigenvalue weighted by Gasteiger charge is 2.47. The predicted octanol–water partition coefficient (Wildman–Crippen LogP) is 2.03. The first-order valence-electron chi connectivity index (χ1n) is 10.9. The van der Waals surface area contributed by atoms with Crippen LogP contribution in [0, 0.1) is 0 Å². The van der Waals surface area contributed by atoms with E-state index in [9.17, 15) is 14.4 Å². The Morgan fingerprint density at radius 3 is 2.68 bits per heavy atom. The van der Waals surface area contributed by atoms with Crippen LogP contribution >= 0.6 is 11.3 Å². The molecular formula is C22H25N5O3S. The zero-order valence-corrected chi connectivity index (χ0v) is 18.1. The third-order valence-corrected chi connectivity index (χ3v) is 7.43. The number of piperazine rings is 1. The second kappa shape index (κ2) is 8.37. The summed E-state index contributed by atoms with van der Waals surface area (Å²) >= 11 is 1.35. The molecule has 0 aromatic carbocycles. The van der Waals surface area contributed by atoms with Crippen molar-refractivity contribution in [2.75, 3.05) is 26.2 Å². The van der Waals surface area contributed by atoms with Gasteiger partial charge in [-0.15, -0.1) is 11.3 Å². The average molecular weight is 440 g/mol. The van der Waals surface area contributed by atoms with Crippen LogP contribution in [-0.4, -0.2) is 80.7 Å². The molecule has 2 bridgehead atoms. The molecule has 0 N–H and O–H groups in total. The smallest absolute Gasteiger partial charge is 0.265 e. The number of fused-ring (bicyclic) bond motifs is 2. The molecule has 2 aromatic rings. The summed E-state index contributed by atoms with van der Waals surface area (Å²) in [5, 5.41) is 0.729. The lowest BCUT2D eigenvalue weighted by Gasteiger charge is -2.35. The molecule has 8 nitrogen and oxygen atoms in total. The fraction of sp³-hybridized carbons (Fsp3) is 0.500. The normalized spacial score (nSPS) is 23.4. The van der Waals surface area contributed by atoms with E-state index in [1.807, 2.05) is 28.0 Å². The number of thiazole rings is 1. The van der Waals surface area contributed by atoms with Crippen molar-refractivity contribution in [1.82, 2.24) is 24.7 Å². The minimum absolute atomic E-state index is 0.00470. The highest BCUT2D eigenvalue weighted by molar-refractivity contribution is 7.16. The van der Waals surface area contributed by atoms with Crippen LogP contribution in [0.5, 0.6) is 0 Å². The largest absolute Gasteiger partial charge is 0.334 e. The standard InChI is InChI=1S/C22H25N5O3S/c28-19-7-2-1-5-9-25(19)14-20(29)26-12-16-10-15(26)13-27(16)22(30)18-11-24-21(31-18)17-6-3-4-8-23-17/h3-4,6,8,11,15-16H,1-2,5,7,9-10,12-14H2/t15-,16-/m0/s1. The van der Waals surface area contributed by atoms with Gasteiger partial charge in [0.25, 0.3) is 5.91 Å². The van der Waals surface area contributed by atoms with Crippen molar-refractivity contribution >= 4 is 29.1 Å². The van der Waals surface area contributed by atoms with Crippen LogP contribution in [0.25, 0.3) is 10.7 Å². The van der Waals surface area contributed by atoms with Gasteiger partial charge in [0.2, 0.25) is 11.8 Å². The fourth-order valence-corrected chi connectivity index (χ4v) is 5.65. The van der Waals surface area contributed by atoms with E-state index >= 15 is 0 Å². The SMILES string of the molecule is O=C1CCCCCN1CC(=O)N1C[C@@H]2C[C@H]1CN2C(=O)c1cnc(-c2ccccn2)s1. The Kier molecular flexibility index (Phi) is 5.43. The first-order chi connectivity index (χ1) is 15.1. The summed E-state index contributed by atoms with van der Waals surface area (Å²) in [5.74, 6) is 0.0629. The summed E-state index contributed by atoms with van der Waals surface area (Å²) < 4.78 is 0. The lowest BCUT2D eigenvalue weighted by Crippen LogP contribution is -2.53. The minimum Gasteiger partial charge on any atom is -0.334 e. The Morgan fingerprint density at radius 1 is 1.06 bits per heavy atom. The molecule has 0 aliphatic carbocycles. The summed E-state index contributed by atoms with van der Waals surface area (Å²) in [6.07, 6.45) is 7.59. The molecule has 3 aliphatic heterocycles. The van der Waals surface area contributed by atoms with Gasteiger partial charge in [-0.25, -0.2) is 4.98 Å². The number of carbonyl (C=O) groups is 3. The molecule has 3 amide bonds. The van der Waals surface area contributed by atoms with Gasteiger partial charge in [0.1, 0.15) is 9.88 Å². The van der Waals surface area contributed by atoms with Gasteiger partial charge in [-0.2, -0.15) is 0 Å². The monoisotopic (exact) mass is 439 g/mol. The number of carbonyl (C=O) groups excluding carboxylic acids is 3. The molecule has 162 valence electrons. The molecule has 5 heterocycles. The van der Waals surface area contributed by atoms with Crippen molar-refractivity contribution in [2.24, 2.45) is 0 Å². The highest BCUT2D eigenvalue weighted by Crippen LogP contribution is 2.33. The molecule has 3 saturated heterocycles. The van der Waals surface area contributed by atoms with E-state index < -0.39 is 0 Å². The third kappa shape index (κ3) is 3.94. The predicted molar refractivity (Wildman–Crippen MR) is 115 cm³/mol. The zero-order valence-electron chi connectivity index (χ0n) is 17.3. The van der Waals surface area contributed by atoms with E-state index in [0.29, 0.717) is 30.9 Å². The van der Waals surface area contributed by atoms with Gasteiger partial charge in [0.05, 0.1) is 30.5 Å². The molecule has 0 spiro atoms. The molecule has 3 aliphatic rings. The van der Waals surface area contributed by atoms with Crippen LogP contribution in [-0.2, 0) is 9.59 Å². The number of hydrogen-bond donors (Lipinski definition) is 0. The van der Waals surface area contributed by atoms with Crippen LogP contribution in [0.3, 0.4) is 0 Å². The van der Waals surface area contributed by atoms with Gasteiger partial charge in [0, 0.05) is 32.3 Å². The Bertz CT molecular complexity index is 994. The second-order valence-corrected chi connectivity index (χ2v) is 9.45. The van der Waals surface area contributed by atoms with Crippen LogP contribution in [0.4, 0.5) is 0 Å². The Balaban J connectivity index is 1.21. The van der Waals surface area contributed by atoms with Crippen molar-refractivity contribution in [1.29, 1.82) is 0 Å². The molecule has 0 radical (unpaired) electrons. The Morgan fingerprint density at radius 2 is 1.90 bits per heavy atom. The van der Waals surface area contributed by atoms with Crippen LogP contribution in [0.15, 0.2) is 30.6 Å². The quantitative estimate of drug-likeness (QED) is 0.728. The van der Waals surface area contributed by atoms with Gasteiger partial charge in [-0.3, -0.25) is 19.4 Å². The lowest BCUT2D eigenvalue weighted by molar-refractivity contribution is -0.141. The summed E-state index contributed by atoms with van der Waals surface area (Å²) in [4.78, 5) is 52.9. The maximum absolute atomic E-state index is 13.1. The number of rotatable bonds is 4. The minimum atomic E-state index is -0.0259. The first kappa shape index (κ1) is 20.1. The maximum atomic E-state index is 13.1. The number of nitrogens with zero attached hydrogens (tertiary/aromatic N) is 5. The Hall–Kier alpha value is -2.81. The van der Waals surface area contributed by atoms with Gasteiger partial charge < -0.3 is 14.7 Å². The van der Waals surface area contributed by atoms with E-state index in [0.717, 1.165) is 36.4 Å². The van der Waals surface area contributed by atoms with Crippen molar-refractivity contribution in [3.05, 3.63) is 35.5 Å². The van der Waals surface area contributed by atoms with Crippen LogP contribution < -0.4 is 0 Å². The van der Waals surface area contributed by atoms with E-state index in [-0.39, 0.29) is 36.3 Å². The molecule has 9 heteroatoms. The second-order valence-electron chi connectivity index (χ2n) is 8.42. The highest BCUT2D eigenvalue weighted by atomic mass is 32.1. The topological polar surface area (TPSA) is 86.7 Å². The molecule has 5 rings (SSSR count). The van der Waals surface area contributed by atoms with Crippen molar-refractivity contribution < 1.29 is 14.4 Å². The third-order valence-electron chi connectivity index (χ3n) is 6.42. The van der Waals surface area contributed by atoms with E-state index in [1.54, 1.807) is 17.3 Å². The van der Waals surface area contributed by atoms with Gasteiger partial charge >= 0.3 is 0 Å². The summed E-state index contributed by atoms with van der Waals surface area (Å²) in [5.41, 5.74) is 0.759. The van der Waals surface area contributed by atoms with Crippen LogP contribution in [0.2, 0.25) is 0 Å². The fourth-order valence-electron chi connectivity index (χ4n) is 4.80. The number of hydrogen-bond acceptors (Lipinski definition) is 6. The number of amides is 3. The summed E-state index contributed by atoms with van der Waals surface area (Å²) in [6, 6.07) is 5.69. The van der Waals surface area contributed by atoms with Crippen molar-refractivity contribution in [2.45, 2.75) is 44.2 Å². The molecule has 2 atom stereocenters. The lowest BCUT2D eigenvalue weighted by atomic mass is 10.2. The van der Waals surface area contributed by atoms with Crippen molar-refractivity contribution in [3.8, 4) is 10.7 Å². The molecule has 0 unspecified atom stereocenters. The number of pyridine rings is 1. The summed E-state index contributed by atoms with van der Waals surface area (Å²) in [7, 11) is 0. The van der Waals surface area contributed by atoms with E-state index in [4.69, 9.17) is 0 Å². The van der Waals surface area contributed by atoms with E-state index in [1.165, 1.54) is 11.3 Å². The number of aromatic nitrogens is 2. The Labute approximate surface area is 184 Å². The molecule has 31 heavy (non-hydrogen) atoms. The van der Waals surface area contributed by atoms with Gasteiger partial charge in [0.15, 0.2) is 0 Å². The maximum Gasteiger partial charge on any atom is 0.265 e. The molecule has 3 fully saturated rings. The van der Waals surface area contributed by atoms with Gasteiger partial charge in [-0.1, -0.05) is 12.5 Å². The van der Waals surface area contributed by atoms with E-state index in [2.05, 4.69) is 9.97 Å². The van der Waals surface area contributed by atoms with Crippen LogP contribution in [0.1, 0.15) is 41.8 Å². The molecule has 2 aromatic heterocycles. The first-order valence-corrected chi connectivity index (χ1v) is 11.7. The number of likely N-dealkylation sites (tertiary alicyclic amines) is 3. The zero-order chi connectivity index (χ0) is 21.4.